The maximum atomic E-state index is 12.0. The fraction of sp³-hybridized carbons (Fsp3) is 0.462. The molecule has 0 aliphatic heterocycles. The molecule has 0 spiro atoms. The van der Waals surface area contributed by atoms with E-state index < -0.39 is 16.0 Å². The van der Waals surface area contributed by atoms with E-state index in [0.29, 0.717) is 13.0 Å². The Bertz CT molecular complexity index is 588. The third-order valence-corrected chi connectivity index (χ3v) is 4.13. The van der Waals surface area contributed by atoms with Gasteiger partial charge in [0.25, 0.3) is 0 Å². The van der Waals surface area contributed by atoms with Crippen molar-refractivity contribution >= 4 is 16.0 Å². The number of nitrogens with one attached hydrogen (secondary N) is 1. The van der Waals surface area contributed by atoms with Crippen molar-refractivity contribution in [2.75, 3.05) is 6.54 Å². The molecule has 0 atom stereocenters. The van der Waals surface area contributed by atoms with E-state index in [2.05, 4.69) is 4.72 Å². The number of allylic oxidation sites excluding steroid dienone is 1. The second-order valence-corrected chi connectivity index (χ2v) is 6.08. The van der Waals surface area contributed by atoms with Crippen molar-refractivity contribution in [2.24, 2.45) is 0 Å². The Kier molecular flexibility index (Phi) is 5.97. The molecule has 20 heavy (non-hydrogen) atoms. The lowest BCUT2D eigenvalue weighted by molar-refractivity contribution is 0.0685. The summed E-state index contributed by atoms with van der Waals surface area (Å²) in [6, 6.07) is 1.19. The minimum atomic E-state index is -3.66. The molecule has 0 amide bonds. The Balaban J connectivity index is 2.94. The van der Waals surface area contributed by atoms with Crippen LogP contribution in [0.2, 0.25) is 0 Å². The number of carboxylic acid groups (broad SMARTS) is 1. The number of aryl methyl sites for hydroxylation is 1. The highest BCUT2D eigenvalue weighted by atomic mass is 32.2. The van der Waals surface area contributed by atoms with Crippen molar-refractivity contribution in [1.29, 1.82) is 0 Å². The Morgan fingerprint density at radius 1 is 1.50 bits per heavy atom. The lowest BCUT2D eigenvalue weighted by atomic mass is 10.4. The van der Waals surface area contributed by atoms with Crippen LogP contribution in [0.1, 0.15) is 37.2 Å². The molecule has 0 saturated carbocycles. The number of hydrogen-bond donors (Lipinski definition) is 2. The maximum absolute atomic E-state index is 12.0. The van der Waals surface area contributed by atoms with Gasteiger partial charge in [-0.3, -0.25) is 0 Å². The summed E-state index contributed by atoms with van der Waals surface area (Å²) in [6.45, 7) is 4.51. The molecule has 112 valence electrons. The number of aromatic carboxylic acids is 1. The molecule has 0 saturated heterocycles. The highest BCUT2D eigenvalue weighted by Gasteiger charge is 2.20. The van der Waals surface area contributed by atoms with Crippen LogP contribution >= 0.6 is 0 Å². The topological polar surface area (TPSA) is 88.4 Å². The maximum Gasteiger partial charge on any atom is 0.352 e. The molecular weight excluding hydrogens is 280 g/mol. The van der Waals surface area contributed by atoms with E-state index in [1.54, 1.807) is 0 Å². The Morgan fingerprint density at radius 3 is 2.75 bits per heavy atom. The fourth-order valence-electron chi connectivity index (χ4n) is 1.76. The van der Waals surface area contributed by atoms with Gasteiger partial charge in [-0.25, -0.2) is 17.9 Å². The average Bonchev–Trinajstić information content (AvgIpc) is 2.80. The van der Waals surface area contributed by atoms with Gasteiger partial charge in [0.15, 0.2) is 0 Å². The van der Waals surface area contributed by atoms with Gasteiger partial charge in [0.2, 0.25) is 10.0 Å². The number of nitrogens with zero attached hydrogens (tertiary/aromatic N) is 1. The number of hydrogen-bond acceptors (Lipinski definition) is 3. The fourth-order valence-corrected chi connectivity index (χ4v) is 2.85. The minimum absolute atomic E-state index is 0.0103. The van der Waals surface area contributed by atoms with Crippen molar-refractivity contribution in [3.05, 3.63) is 30.1 Å². The first-order valence-electron chi connectivity index (χ1n) is 6.46. The monoisotopic (exact) mass is 300 g/mol. The van der Waals surface area contributed by atoms with Crippen LogP contribution in [0.5, 0.6) is 0 Å². The summed E-state index contributed by atoms with van der Waals surface area (Å²) in [5, 5.41) is 9.07. The number of carbonyl (C=O) groups is 1. The average molecular weight is 300 g/mol. The van der Waals surface area contributed by atoms with Gasteiger partial charge in [-0.15, -0.1) is 0 Å². The predicted octanol–water partition coefficient (Wildman–Crippen LogP) is 1.84. The van der Waals surface area contributed by atoms with Gasteiger partial charge in [-0.1, -0.05) is 19.1 Å². The van der Waals surface area contributed by atoms with Crippen LogP contribution in [0.3, 0.4) is 0 Å². The summed E-state index contributed by atoms with van der Waals surface area (Å²) < 4.78 is 28.0. The van der Waals surface area contributed by atoms with Gasteiger partial charge in [0.1, 0.15) is 10.6 Å². The van der Waals surface area contributed by atoms with E-state index in [1.807, 2.05) is 26.0 Å². The number of rotatable bonds is 8. The molecule has 2 N–H and O–H groups in total. The van der Waals surface area contributed by atoms with E-state index in [9.17, 15) is 13.2 Å². The number of sulfonamides is 1. The van der Waals surface area contributed by atoms with E-state index in [1.165, 1.54) is 16.8 Å². The zero-order chi connectivity index (χ0) is 15.2. The van der Waals surface area contributed by atoms with Gasteiger partial charge in [-0.05, 0) is 25.8 Å². The normalized spacial score (nSPS) is 12.1. The summed E-state index contributed by atoms with van der Waals surface area (Å²) >= 11 is 0. The predicted molar refractivity (Wildman–Crippen MR) is 76.3 cm³/mol. The molecule has 0 aromatic carbocycles. The molecule has 0 aliphatic carbocycles. The van der Waals surface area contributed by atoms with Gasteiger partial charge >= 0.3 is 5.97 Å². The third kappa shape index (κ3) is 4.21. The first kappa shape index (κ1) is 16.5. The standard InChI is InChI=1S/C13H20N2O4S/c1-3-5-6-7-14-20(18,19)11-9-12(13(16)17)15(10-11)8-4-2/h3,5,9-10,14H,4,6-8H2,1-2H3,(H,16,17)/b5-3+. The van der Waals surface area contributed by atoms with Crippen molar-refractivity contribution < 1.29 is 18.3 Å². The van der Waals surface area contributed by atoms with Crippen LogP contribution < -0.4 is 4.72 Å². The van der Waals surface area contributed by atoms with Crippen LogP contribution in [0.15, 0.2) is 29.3 Å². The molecule has 0 aliphatic rings. The van der Waals surface area contributed by atoms with Gasteiger partial charge in [-0.2, -0.15) is 0 Å². The van der Waals surface area contributed by atoms with Crippen LogP contribution in [-0.2, 0) is 16.6 Å². The van der Waals surface area contributed by atoms with Crippen molar-refractivity contribution in [3.8, 4) is 0 Å². The largest absolute Gasteiger partial charge is 0.477 e. The highest BCUT2D eigenvalue weighted by molar-refractivity contribution is 7.89. The summed E-state index contributed by atoms with van der Waals surface area (Å²) in [7, 11) is -3.66. The molecular formula is C13H20N2O4S. The summed E-state index contributed by atoms with van der Waals surface area (Å²) in [5.41, 5.74) is -0.0133. The molecule has 1 aromatic heterocycles. The zero-order valence-electron chi connectivity index (χ0n) is 11.7. The number of aromatic nitrogens is 1. The zero-order valence-corrected chi connectivity index (χ0v) is 12.5. The smallest absolute Gasteiger partial charge is 0.352 e. The minimum Gasteiger partial charge on any atom is -0.477 e. The van der Waals surface area contributed by atoms with Gasteiger partial charge < -0.3 is 9.67 Å². The van der Waals surface area contributed by atoms with Crippen LogP contribution in [0.4, 0.5) is 0 Å². The van der Waals surface area contributed by atoms with Crippen LogP contribution in [0.25, 0.3) is 0 Å². The SMILES string of the molecule is C/C=C/CCNS(=O)(=O)c1cc(C(=O)O)n(CCC)c1. The molecule has 1 heterocycles. The Hall–Kier alpha value is -1.60. The van der Waals surface area contributed by atoms with Crippen molar-refractivity contribution in [1.82, 2.24) is 9.29 Å². The van der Waals surface area contributed by atoms with E-state index >= 15 is 0 Å². The molecule has 1 aromatic rings. The Labute approximate surface area is 119 Å². The number of carboxylic acids is 1. The molecule has 1 rings (SSSR count). The van der Waals surface area contributed by atoms with Crippen LogP contribution in [0, 0.1) is 0 Å². The van der Waals surface area contributed by atoms with Crippen molar-refractivity contribution in [2.45, 2.75) is 38.1 Å². The van der Waals surface area contributed by atoms with E-state index in [0.717, 1.165) is 6.42 Å². The third-order valence-electron chi connectivity index (χ3n) is 2.70. The molecule has 6 nitrogen and oxygen atoms in total. The quantitative estimate of drug-likeness (QED) is 0.566. The van der Waals surface area contributed by atoms with E-state index in [4.69, 9.17) is 5.11 Å². The molecule has 0 fully saturated rings. The first-order chi connectivity index (χ1) is 9.42. The lowest BCUT2D eigenvalue weighted by Crippen LogP contribution is -2.24. The molecule has 0 radical (unpaired) electrons. The molecule has 0 bridgehead atoms. The summed E-state index contributed by atoms with van der Waals surface area (Å²) in [4.78, 5) is 11.1. The summed E-state index contributed by atoms with van der Waals surface area (Å²) in [5.74, 6) is -1.13. The molecule has 0 unspecified atom stereocenters. The molecule has 7 heteroatoms. The van der Waals surface area contributed by atoms with Gasteiger partial charge in [0, 0.05) is 19.3 Å². The lowest BCUT2D eigenvalue weighted by Gasteiger charge is -2.03. The second-order valence-electron chi connectivity index (χ2n) is 4.32. The van der Waals surface area contributed by atoms with Crippen molar-refractivity contribution in [3.63, 3.8) is 0 Å². The second kappa shape index (κ2) is 7.25. The summed E-state index contributed by atoms with van der Waals surface area (Å²) in [6.07, 6.45) is 6.38. The Morgan fingerprint density at radius 2 is 2.20 bits per heavy atom. The van der Waals surface area contributed by atoms with E-state index in [-0.39, 0.29) is 17.1 Å². The first-order valence-corrected chi connectivity index (χ1v) is 7.95. The highest BCUT2D eigenvalue weighted by Crippen LogP contribution is 2.15. The van der Waals surface area contributed by atoms with Crippen LogP contribution in [-0.4, -0.2) is 30.6 Å². The van der Waals surface area contributed by atoms with Gasteiger partial charge in [0.05, 0.1) is 0 Å².